The molecule has 150 valence electrons. The summed E-state index contributed by atoms with van der Waals surface area (Å²) < 4.78 is 6.76. The summed E-state index contributed by atoms with van der Waals surface area (Å²) in [6.45, 7) is 5.47. The van der Waals surface area contributed by atoms with E-state index in [0.717, 1.165) is 40.3 Å². The lowest BCUT2D eigenvalue weighted by atomic mass is 10.1. The molecular formula is C22H23BrN4O2. The number of nitrogens with one attached hydrogen (secondary N) is 1. The van der Waals surface area contributed by atoms with Gasteiger partial charge in [-0.1, -0.05) is 40.2 Å². The normalized spacial score (nSPS) is 14.1. The van der Waals surface area contributed by atoms with Crippen molar-refractivity contribution in [3.8, 4) is 17.0 Å². The third-order valence-corrected chi connectivity index (χ3v) is 5.55. The molecule has 7 heteroatoms. The number of amides is 1. The lowest BCUT2D eigenvalue weighted by molar-refractivity contribution is 0.0740. The molecule has 0 spiro atoms. The molecule has 2 aromatic carbocycles. The first-order valence-electron chi connectivity index (χ1n) is 9.73. The zero-order chi connectivity index (χ0) is 20.2. The van der Waals surface area contributed by atoms with Gasteiger partial charge in [-0.15, -0.1) is 0 Å². The highest BCUT2D eigenvalue weighted by Gasteiger charge is 2.25. The molecule has 29 heavy (non-hydrogen) atoms. The highest BCUT2D eigenvalue weighted by molar-refractivity contribution is 9.10. The van der Waals surface area contributed by atoms with Crippen LogP contribution in [0.25, 0.3) is 11.3 Å². The number of halogens is 1. The van der Waals surface area contributed by atoms with Crippen LogP contribution in [0.1, 0.15) is 17.4 Å². The summed E-state index contributed by atoms with van der Waals surface area (Å²) in [5, 5.41) is 7.21. The van der Waals surface area contributed by atoms with Gasteiger partial charge in [0.05, 0.1) is 18.0 Å². The summed E-state index contributed by atoms with van der Waals surface area (Å²) in [5.74, 6) is 0.876. The van der Waals surface area contributed by atoms with Crippen LogP contribution in [0.3, 0.4) is 0 Å². The van der Waals surface area contributed by atoms with Crippen molar-refractivity contribution >= 4 is 27.5 Å². The zero-order valence-corrected chi connectivity index (χ0v) is 17.9. The first kappa shape index (κ1) is 19.5. The van der Waals surface area contributed by atoms with Gasteiger partial charge in [0.25, 0.3) is 5.91 Å². The lowest BCUT2D eigenvalue weighted by Gasteiger charge is -2.36. The van der Waals surface area contributed by atoms with E-state index >= 15 is 0 Å². The third-order valence-electron chi connectivity index (χ3n) is 5.02. The predicted octanol–water partition coefficient (Wildman–Crippen LogP) is 4.20. The SMILES string of the molecule is CCOc1ccccc1N1CCN(C(=O)c2cc(-c3ccc(Br)cc3)n[nH]2)CC1. The van der Waals surface area contributed by atoms with E-state index in [0.29, 0.717) is 25.4 Å². The molecule has 0 bridgehead atoms. The van der Waals surface area contributed by atoms with E-state index in [4.69, 9.17) is 4.74 Å². The number of para-hydroxylation sites is 2. The number of aromatic nitrogens is 2. The van der Waals surface area contributed by atoms with Crippen molar-refractivity contribution in [3.63, 3.8) is 0 Å². The van der Waals surface area contributed by atoms with E-state index in [-0.39, 0.29) is 5.91 Å². The number of aromatic amines is 1. The first-order chi connectivity index (χ1) is 14.2. The van der Waals surface area contributed by atoms with Crippen molar-refractivity contribution in [2.45, 2.75) is 6.92 Å². The van der Waals surface area contributed by atoms with E-state index in [1.165, 1.54) is 0 Å². The number of carbonyl (C=O) groups excluding carboxylic acids is 1. The predicted molar refractivity (Wildman–Crippen MR) is 117 cm³/mol. The number of H-pyrrole nitrogens is 1. The minimum absolute atomic E-state index is 0.0152. The molecular weight excluding hydrogens is 432 g/mol. The zero-order valence-electron chi connectivity index (χ0n) is 16.3. The van der Waals surface area contributed by atoms with E-state index < -0.39 is 0 Å². The number of ether oxygens (including phenoxy) is 1. The second-order valence-corrected chi connectivity index (χ2v) is 7.77. The van der Waals surface area contributed by atoms with Gasteiger partial charge in [-0.3, -0.25) is 9.89 Å². The molecule has 1 aromatic heterocycles. The molecule has 0 aliphatic carbocycles. The number of anilines is 1. The van der Waals surface area contributed by atoms with Crippen LogP contribution in [0.5, 0.6) is 5.75 Å². The Labute approximate surface area is 178 Å². The maximum Gasteiger partial charge on any atom is 0.272 e. The van der Waals surface area contributed by atoms with Crippen molar-refractivity contribution in [1.82, 2.24) is 15.1 Å². The standard InChI is InChI=1S/C22H23BrN4O2/c1-2-29-21-6-4-3-5-20(21)26-11-13-27(14-12-26)22(28)19-15-18(24-25-19)16-7-9-17(23)10-8-16/h3-10,15H,2,11-14H2,1H3,(H,24,25). The second kappa shape index (κ2) is 8.69. The topological polar surface area (TPSA) is 61.5 Å². The maximum atomic E-state index is 12.9. The van der Waals surface area contributed by atoms with Crippen LogP contribution in [-0.4, -0.2) is 53.8 Å². The Kier molecular flexibility index (Phi) is 5.85. The smallest absolute Gasteiger partial charge is 0.272 e. The van der Waals surface area contributed by atoms with Gasteiger partial charge in [0, 0.05) is 36.2 Å². The van der Waals surface area contributed by atoms with Crippen molar-refractivity contribution in [2.24, 2.45) is 0 Å². The third kappa shape index (κ3) is 4.29. The average Bonchev–Trinajstić information content (AvgIpc) is 3.25. The van der Waals surface area contributed by atoms with Gasteiger partial charge in [-0.25, -0.2) is 0 Å². The molecule has 3 aromatic rings. The number of benzene rings is 2. The molecule has 2 heterocycles. The quantitative estimate of drug-likeness (QED) is 0.627. The number of rotatable bonds is 5. The fourth-order valence-corrected chi connectivity index (χ4v) is 3.78. The minimum Gasteiger partial charge on any atom is -0.492 e. The Morgan fingerprint density at radius 2 is 1.83 bits per heavy atom. The fourth-order valence-electron chi connectivity index (χ4n) is 3.52. The molecule has 1 N–H and O–H groups in total. The Morgan fingerprint density at radius 1 is 1.10 bits per heavy atom. The number of piperazine rings is 1. The molecule has 0 atom stereocenters. The summed E-state index contributed by atoms with van der Waals surface area (Å²) in [7, 11) is 0. The monoisotopic (exact) mass is 454 g/mol. The number of hydrogen-bond acceptors (Lipinski definition) is 4. The van der Waals surface area contributed by atoms with Crippen molar-refractivity contribution in [3.05, 3.63) is 64.8 Å². The van der Waals surface area contributed by atoms with Crippen molar-refractivity contribution in [2.75, 3.05) is 37.7 Å². The number of nitrogens with zero attached hydrogens (tertiary/aromatic N) is 3. The maximum absolute atomic E-state index is 12.9. The Bertz CT molecular complexity index is 978. The Hall–Kier alpha value is -2.80. The van der Waals surface area contributed by atoms with E-state index in [1.807, 2.05) is 60.4 Å². The van der Waals surface area contributed by atoms with Crippen LogP contribution in [0.2, 0.25) is 0 Å². The van der Waals surface area contributed by atoms with Crippen LogP contribution >= 0.6 is 15.9 Å². The Morgan fingerprint density at radius 3 is 2.55 bits per heavy atom. The molecule has 1 amide bonds. The summed E-state index contributed by atoms with van der Waals surface area (Å²) in [5.41, 5.74) is 3.34. The Balaban J connectivity index is 1.41. The van der Waals surface area contributed by atoms with Gasteiger partial charge in [0.2, 0.25) is 0 Å². The summed E-state index contributed by atoms with van der Waals surface area (Å²) in [6, 6.07) is 17.8. The molecule has 1 aliphatic heterocycles. The molecule has 1 fully saturated rings. The molecule has 0 radical (unpaired) electrons. The molecule has 0 saturated carbocycles. The van der Waals surface area contributed by atoms with Crippen molar-refractivity contribution in [1.29, 1.82) is 0 Å². The van der Waals surface area contributed by atoms with Gasteiger partial charge in [0.1, 0.15) is 11.4 Å². The number of hydrogen-bond donors (Lipinski definition) is 1. The van der Waals surface area contributed by atoms with Crippen LogP contribution in [0.15, 0.2) is 59.1 Å². The molecule has 4 rings (SSSR count). The lowest BCUT2D eigenvalue weighted by Crippen LogP contribution is -2.49. The highest BCUT2D eigenvalue weighted by Crippen LogP contribution is 2.29. The largest absolute Gasteiger partial charge is 0.492 e. The first-order valence-corrected chi connectivity index (χ1v) is 10.5. The molecule has 1 saturated heterocycles. The molecule has 1 aliphatic rings. The van der Waals surface area contributed by atoms with Crippen LogP contribution in [0.4, 0.5) is 5.69 Å². The second-order valence-electron chi connectivity index (χ2n) is 6.85. The summed E-state index contributed by atoms with van der Waals surface area (Å²) in [6.07, 6.45) is 0. The van der Waals surface area contributed by atoms with Gasteiger partial charge < -0.3 is 14.5 Å². The van der Waals surface area contributed by atoms with E-state index in [9.17, 15) is 4.79 Å². The van der Waals surface area contributed by atoms with E-state index in [2.05, 4.69) is 37.1 Å². The molecule has 6 nitrogen and oxygen atoms in total. The van der Waals surface area contributed by atoms with E-state index in [1.54, 1.807) is 0 Å². The van der Waals surface area contributed by atoms with Crippen LogP contribution in [-0.2, 0) is 0 Å². The summed E-state index contributed by atoms with van der Waals surface area (Å²) >= 11 is 3.43. The van der Waals surface area contributed by atoms with Gasteiger partial charge in [0.15, 0.2) is 0 Å². The fraction of sp³-hybridized carbons (Fsp3) is 0.273. The van der Waals surface area contributed by atoms with Crippen molar-refractivity contribution < 1.29 is 9.53 Å². The molecule has 0 unspecified atom stereocenters. The van der Waals surface area contributed by atoms with Gasteiger partial charge >= 0.3 is 0 Å². The van der Waals surface area contributed by atoms with Gasteiger partial charge in [-0.2, -0.15) is 5.10 Å². The minimum atomic E-state index is -0.0152. The highest BCUT2D eigenvalue weighted by atomic mass is 79.9. The van der Waals surface area contributed by atoms with Gasteiger partial charge in [-0.05, 0) is 37.3 Å². The summed E-state index contributed by atoms with van der Waals surface area (Å²) in [4.78, 5) is 17.1. The average molecular weight is 455 g/mol. The number of carbonyl (C=O) groups is 1. The van der Waals surface area contributed by atoms with Crippen LogP contribution in [0, 0.1) is 0 Å². The van der Waals surface area contributed by atoms with Crippen LogP contribution < -0.4 is 9.64 Å².